The molecule has 0 amide bonds. The third-order valence-electron chi connectivity index (χ3n) is 2.96. The summed E-state index contributed by atoms with van der Waals surface area (Å²) in [5.74, 6) is 0.0118. The number of anilines is 1. The van der Waals surface area contributed by atoms with Crippen LogP contribution in [-0.4, -0.2) is 23.7 Å². The molecule has 0 aliphatic heterocycles. The van der Waals surface area contributed by atoms with Crippen LogP contribution in [0.5, 0.6) is 0 Å². The van der Waals surface area contributed by atoms with Crippen molar-refractivity contribution in [3.63, 3.8) is 0 Å². The molecular formula is C19H22N2O2S. The first-order chi connectivity index (χ1) is 11.6. The largest absolute Gasteiger partial charge is 0.294 e. The third-order valence-corrected chi connectivity index (χ3v) is 3.79. The monoisotopic (exact) mass is 342 g/mol. The molecule has 1 heterocycles. The topological polar surface area (TPSA) is 61.7 Å². The van der Waals surface area contributed by atoms with Gasteiger partial charge in [-0.2, -0.15) is 0 Å². The maximum Gasteiger partial charge on any atom is 0.160 e. The number of benzene rings is 1. The number of nitrogens with zero attached hydrogens (tertiary/aromatic N) is 1. The Hall–Kier alpha value is -2.50. The van der Waals surface area contributed by atoms with E-state index in [1.807, 2.05) is 48.8 Å². The smallest absolute Gasteiger partial charge is 0.160 e. The number of hydrogen-bond acceptors (Lipinski definition) is 5. The number of allylic oxidation sites excluding steroid dienone is 3. The van der Waals surface area contributed by atoms with Crippen molar-refractivity contribution < 1.29 is 10.0 Å². The zero-order valence-electron chi connectivity index (χ0n) is 14.1. The minimum atomic E-state index is 0.0118. The van der Waals surface area contributed by atoms with Gasteiger partial charge in [-0.25, -0.2) is 0 Å². The molecule has 2 N–H and O–H groups in total. The highest BCUT2D eigenvalue weighted by atomic mass is 32.1. The Morgan fingerprint density at radius 2 is 1.96 bits per heavy atom. The molecule has 5 heteroatoms. The van der Waals surface area contributed by atoms with Crippen molar-refractivity contribution in [1.82, 2.24) is 0 Å². The van der Waals surface area contributed by atoms with E-state index in [-0.39, 0.29) is 5.78 Å². The van der Waals surface area contributed by atoms with Crippen LogP contribution in [-0.2, 0) is 0 Å². The van der Waals surface area contributed by atoms with E-state index >= 15 is 0 Å². The highest BCUT2D eigenvalue weighted by Gasteiger charge is 2.01. The van der Waals surface area contributed by atoms with Crippen LogP contribution in [0.4, 0.5) is 5.00 Å². The van der Waals surface area contributed by atoms with Gasteiger partial charge in [-0.1, -0.05) is 42.5 Å². The number of hydrogen-bond donors (Lipinski definition) is 2. The van der Waals surface area contributed by atoms with Gasteiger partial charge >= 0.3 is 0 Å². The number of Topliss-reactive ketones (excluding diaryl/α,β-unsaturated/α-hetero) is 1. The summed E-state index contributed by atoms with van der Waals surface area (Å²) in [5.41, 5.74) is 4.77. The van der Waals surface area contributed by atoms with Crippen molar-refractivity contribution in [3.05, 3.63) is 71.1 Å². The number of nitrogens with one attached hydrogen (secondary N) is 1. The lowest BCUT2D eigenvalue weighted by Crippen LogP contribution is -1.87. The molecule has 0 bridgehead atoms. The summed E-state index contributed by atoms with van der Waals surface area (Å²) in [6, 6.07) is 11.8. The van der Waals surface area contributed by atoms with E-state index < -0.39 is 0 Å². The van der Waals surface area contributed by atoms with E-state index in [1.165, 1.54) is 23.8 Å². The number of carbonyl (C=O) groups is 1. The van der Waals surface area contributed by atoms with E-state index in [0.29, 0.717) is 10.6 Å². The fourth-order valence-corrected chi connectivity index (χ4v) is 2.44. The van der Waals surface area contributed by atoms with E-state index in [2.05, 4.69) is 23.2 Å². The van der Waals surface area contributed by atoms with Crippen LogP contribution in [0.3, 0.4) is 0 Å². The van der Waals surface area contributed by atoms with Crippen LogP contribution < -0.4 is 5.48 Å². The van der Waals surface area contributed by atoms with Gasteiger partial charge in [0.2, 0.25) is 0 Å². The van der Waals surface area contributed by atoms with E-state index in [0.717, 1.165) is 5.71 Å². The molecule has 24 heavy (non-hydrogen) atoms. The summed E-state index contributed by atoms with van der Waals surface area (Å²) in [6.45, 7) is 3.48. The SMILES string of the molecule is C/C=C\C(/C=C/c1ccccc1)=NC.CC(=O)c1csc(NO)c1. The lowest BCUT2D eigenvalue weighted by molar-refractivity contribution is 0.101. The molecule has 1 aromatic carbocycles. The van der Waals surface area contributed by atoms with E-state index in [1.54, 1.807) is 18.5 Å². The standard InChI is InChI=1S/C13H15N.C6H7NO2S/c1-3-7-13(14-2)11-10-12-8-5-4-6-9-12;1-4(8)5-2-6(7-9)10-3-5/h3-11H,1-2H3;2-3,7,9H,1H3/b7-3-,11-10+,14-13?;. The van der Waals surface area contributed by atoms with Gasteiger partial charge in [-0.3, -0.25) is 20.5 Å². The summed E-state index contributed by atoms with van der Waals surface area (Å²) < 4.78 is 0. The fourth-order valence-electron chi connectivity index (χ4n) is 1.70. The number of thiophene rings is 1. The first kappa shape index (κ1) is 19.5. The van der Waals surface area contributed by atoms with Gasteiger partial charge in [0, 0.05) is 18.0 Å². The predicted molar refractivity (Wildman–Crippen MR) is 103 cm³/mol. The molecule has 4 nitrogen and oxygen atoms in total. The zero-order valence-corrected chi connectivity index (χ0v) is 14.9. The van der Waals surface area contributed by atoms with E-state index in [9.17, 15) is 4.79 Å². The first-order valence-corrected chi connectivity index (χ1v) is 8.30. The Labute approximate surface area is 146 Å². The van der Waals surface area contributed by atoms with Crippen molar-refractivity contribution in [3.8, 4) is 0 Å². The average Bonchev–Trinajstić information content (AvgIpc) is 3.09. The zero-order chi connectivity index (χ0) is 17.8. The lowest BCUT2D eigenvalue weighted by Gasteiger charge is -1.92. The number of carbonyl (C=O) groups excluding carboxylic acids is 1. The fraction of sp³-hybridized carbons (Fsp3) is 0.158. The lowest BCUT2D eigenvalue weighted by atomic mass is 10.2. The van der Waals surface area contributed by atoms with Gasteiger partial charge in [0.15, 0.2) is 5.78 Å². The van der Waals surface area contributed by atoms with Crippen molar-refractivity contribution in [2.24, 2.45) is 4.99 Å². The Bertz CT molecular complexity index is 716. The van der Waals surface area contributed by atoms with Crippen LogP contribution >= 0.6 is 11.3 Å². The second-order valence-electron chi connectivity index (χ2n) is 4.76. The summed E-state index contributed by atoms with van der Waals surface area (Å²) in [5, 5.41) is 10.7. The Morgan fingerprint density at radius 3 is 2.42 bits per heavy atom. The molecule has 0 saturated carbocycles. The van der Waals surface area contributed by atoms with Gasteiger partial charge in [-0.05, 0) is 37.6 Å². The molecule has 0 spiro atoms. The number of aliphatic imine (C=N–C) groups is 1. The summed E-state index contributed by atoms with van der Waals surface area (Å²) in [4.78, 5) is 14.8. The molecule has 0 fully saturated rings. The molecule has 0 saturated heterocycles. The van der Waals surface area contributed by atoms with Crippen molar-refractivity contribution in [2.45, 2.75) is 13.8 Å². The van der Waals surface area contributed by atoms with Crippen LogP contribution in [0, 0.1) is 0 Å². The molecule has 0 aliphatic carbocycles. The maximum atomic E-state index is 10.7. The molecule has 0 aliphatic rings. The van der Waals surface area contributed by atoms with Crippen LogP contribution in [0.2, 0.25) is 0 Å². The van der Waals surface area contributed by atoms with E-state index in [4.69, 9.17) is 5.21 Å². The quantitative estimate of drug-likeness (QED) is 0.451. The Morgan fingerprint density at radius 1 is 1.25 bits per heavy atom. The Balaban J connectivity index is 0.000000254. The predicted octanol–water partition coefficient (Wildman–Crippen LogP) is 5.10. The molecule has 1 aromatic heterocycles. The van der Waals surface area contributed by atoms with Crippen molar-refractivity contribution >= 4 is 33.9 Å². The van der Waals surface area contributed by atoms with Crippen molar-refractivity contribution in [1.29, 1.82) is 0 Å². The highest BCUT2D eigenvalue weighted by molar-refractivity contribution is 7.14. The molecule has 0 unspecified atom stereocenters. The molecule has 0 atom stereocenters. The van der Waals surface area contributed by atoms with Crippen molar-refractivity contribution in [2.75, 3.05) is 12.5 Å². The minimum Gasteiger partial charge on any atom is -0.294 e. The second-order valence-corrected chi connectivity index (χ2v) is 5.67. The number of rotatable bonds is 5. The van der Waals surface area contributed by atoms with Gasteiger partial charge in [0.1, 0.15) is 5.00 Å². The van der Waals surface area contributed by atoms with Gasteiger partial charge in [0.25, 0.3) is 0 Å². The molecule has 2 aromatic rings. The maximum absolute atomic E-state index is 10.7. The third kappa shape index (κ3) is 7.17. The van der Waals surface area contributed by atoms with Crippen LogP contribution in [0.15, 0.2) is 65.0 Å². The minimum absolute atomic E-state index is 0.0118. The number of ketones is 1. The van der Waals surface area contributed by atoms with Gasteiger partial charge in [-0.15, -0.1) is 11.3 Å². The average molecular weight is 342 g/mol. The second kappa shape index (κ2) is 11.1. The highest BCUT2D eigenvalue weighted by Crippen LogP contribution is 2.19. The normalized spacial score (nSPS) is 11.4. The van der Waals surface area contributed by atoms with Crippen LogP contribution in [0.1, 0.15) is 29.8 Å². The molecule has 0 radical (unpaired) electrons. The van der Waals surface area contributed by atoms with Gasteiger partial charge < -0.3 is 0 Å². The molecule has 126 valence electrons. The summed E-state index contributed by atoms with van der Waals surface area (Å²) >= 11 is 1.30. The van der Waals surface area contributed by atoms with Crippen LogP contribution in [0.25, 0.3) is 6.08 Å². The summed E-state index contributed by atoms with van der Waals surface area (Å²) in [6.07, 6.45) is 8.04. The van der Waals surface area contributed by atoms with Gasteiger partial charge in [0.05, 0.1) is 5.71 Å². The molecular weight excluding hydrogens is 320 g/mol. The molecule has 2 rings (SSSR count). The summed E-state index contributed by atoms with van der Waals surface area (Å²) in [7, 11) is 1.80. The first-order valence-electron chi connectivity index (χ1n) is 7.43. The Kier molecular flexibility index (Phi) is 9.04.